The van der Waals surface area contributed by atoms with Gasteiger partial charge in [0.1, 0.15) is 0 Å². The topological polar surface area (TPSA) is 49.7 Å². The van der Waals surface area contributed by atoms with Gasteiger partial charge in [0.2, 0.25) is 0 Å². The molecule has 0 spiro atoms. The summed E-state index contributed by atoms with van der Waals surface area (Å²) in [5.74, 6) is 0. The molecule has 0 bridgehead atoms. The smallest absolute Gasteiger partial charge is 0.392 e. The largest absolute Gasteiger partial charge is 0.478 e. The Kier molecular flexibility index (Phi) is 2.39. The fourth-order valence-electron chi connectivity index (χ4n) is 0. The van der Waals surface area contributed by atoms with Gasteiger partial charge in [0, 0.05) is 7.11 Å². The highest BCUT2D eigenvalue weighted by atomic mass is 28.3. The van der Waals surface area contributed by atoms with E-state index in [1.807, 2.05) is 0 Å². The summed E-state index contributed by atoms with van der Waals surface area (Å²) < 4.78 is 4.00. The molecule has 3 nitrogen and oxygen atoms in total. The lowest BCUT2D eigenvalue weighted by atomic mass is 11.8. The monoisotopic (exact) mass is 94.0 g/mol. The maximum atomic E-state index is 7.83. The van der Waals surface area contributed by atoms with Gasteiger partial charge in [0.15, 0.2) is 0 Å². The molecule has 0 aromatic rings. The van der Waals surface area contributed by atoms with E-state index in [4.69, 9.17) is 9.59 Å². The van der Waals surface area contributed by atoms with Crippen LogP contribution in [-0.2, 0) is 4.43 Å². The summed E-state index contributed by atoms with van der Waals surface area (Å²) in [6.45, 7) is 0. The molecule has 0 saturated heterocycles. The predicted octanol–water partition coefficient (Wildman–Crippen LogP) is -1.67. The van der Waals surface area contributed by atoms with Gasteiger partial charge >= 0.3 is 9.53 Å². The second-order valence-corrected chi connectivity index (χ2v) is 1.69. The lowest BCUT2D eigenvalue weighted by molar-refractivity contribution is 0.229. The Bertz CT molecular complexity index is 20.9. The van der Waals surface area contributed by atoms with Crippen LogP contribution in [0.2, 0.25) is 0 Å². The van der Waals surface area contributed by atoms with Crippen molar-refractivity contribution in [2.45, 2.75) is 0 Å². The molecule has 0 saturated carbocycles. The molecule has 0 heterocycles. The molecule has 0 aromatic carbocycles. The summed E-state index contributed by atoms with van der Waals surface area (Å²) in [5.41, 5.74) is 0. The average Bonchev–Trinajstić information content (AvgIpc) is 1.38. The lowest BCUT2D eigenvalue weighted by Gasteiger charge is -1.88. The first-order valence-electron chi connectivity index (χ1n) is 1.16. The van der Waals surface area contributed by atoms with Gasteiger partial charge in [-0.2, -0.15) is 0 Å². The van der Waals surface area contributed by atoms with Gasteiger partial charge in [0.05, 0.1) is 0 Å². The van der Waals surface area contributed by atoms with Crippen LogP contribution in [0.1, 0.15) is 0 Å². The zero-order valence-electron chi connectivity index (χ0n) is 2.88. The van der Waals surface area contributed by atoms with Crippen LogP contribution in [0.15, 0.2) is 0 Å². The minimum atomic E-state index is -2.65. The van der Waals surface area contributed by atoms with Crippen LogP contribution in [-0.4, -0.2) is 26.2 Å². The van der Waals surface area contributed by atoms with Crippen molar-refractivity contribution in [3.8, 4) is 0 Å². The summed E-state index contributed by atoms with van der Waals surface area (Å²) in [5, 5.41) is 0. The zero-order chi connectivity index (χ0) is 4.28. The van der Waals surface area contributed by atoms with Crippen molar-refractivity contribution in [1.29, 1.82) is 0 Å². The third-order valence-electron chi connectivity index (χ3n) is 0.211. The van der Waals surface area contributed by atoms with Crippen molar-refractivity contribution in [2.75, 3.05) is 7.11 Å². The van der Waals surface area contributed by atoms with E-state index in [2.05, 4.69) is 4.43 Å². The molecule has 0 aliphatic heterocycles. The Balaban J connectivity index is 2.54. The van der Waals surface area contributed by atoms with Gasteiger partial charge in [-0.25, -0.2) is 0 Å². The standard InChI is InChI=1S/CH6O3Si/c1-4-5(2)3/h2-3,5H,1H3. The van der Waals surface area contributed by atoms with Gasteiger partial charge in [-0.3, -0.25) is 0 Å². The van der Waals surface area contributed by atoms with E-state index in [-0.39, 0.29) is 0 Å². The van der Waals surface area contributed by atoms with Crippen molar-refractivity contribution in [1.82, 2.24) is 0 Å². The molecule has 2 N–H and O–H groups in total. The van der Waals surface area contributed by atoms with Crippen molar-refractivity contribution in [3.05, 3.63) is 0 Å². The molecular weight excluding hydrogens is 88.1 g/mol. The molecule has 0 fully saturated rings. The van der Waals surface area contributed by atoms with Crippen LogP contribution in [0.25, 0.3) is 0 Å². The Hall–Kier alpha value is 0.0969. The van der Waals surface area contributed by atoms with E-state index in [1.54, 1.807) is 0 Å². The fraction of sp³-hybridized carbons (Fsp3) is 1.00. The molecule has 0 rings (SSSR count). The zero-order valence-corrected chi connectivity index (χ0v) is 4.03. The fourth-order valence-corrected chi connectivity index (χ4v) is 0. The molecule has 4 heteroatoms. The summed E-state index contributed by atoms with van der Waals surface area (Å²) in [7, 11) is -1.39. The van der Waals surface area contributed by atoms with Crippen LogP contribution < -0.4 is 0 Å². The molecular formula is CH6O3Si. The lowest BCUT2D eigenvalue weighted by Crippen LogP contribution is -2.12. The Morgan fingerprint density at radius 1 is 1.60 bits per heavy atom. The Morgan fingerprint density at radius 3 is 1.80 bits per heavy atom. The quantitative estimate of drug-likeness (QED) is 0.382. The van der Waals surface area contributed by atoms with Gasteiger partial charge in [-0.15, -0.1) is 0 Å². The van der Waals surface area contributed by atoms with Gasteiger partial charge < -0.3 is 14.0 Å². The third-order valence-corrected chi connectivity index (χ3v) is 0.632. The Labute approximate surface area is 31.8 Å². The van der Waals surface area contributed by atoms with Crippen molar-refractivity contribution in [3.63, 3.8) is 0 Å². The third kappa shape index (κ3) is 4.10. The summed E-state index contributed by atoms with van der Waals surface area (Å²) >= 11 is 0. The first-order valence-corrected chi connectivity index (χ1v) is 2.66. The molecule has 32 valence electrons. The first-order chi connectivity index (χ1) is 2.27. The average molecular weight is 94.1 g/mol. The highest BCUT2D eigenvalue weighted by Gasteiger charge is 1.91. The van der Waals surface area contributed by atoms with Crippen molar-refractivity contribution in [2.24, 2.45) is 0 Å². The minimum absolute atomic E-state index is 1.26. The van der Waals surface area contributed by atoms with E-state index in [9.17, 15) is 0 Å². The normalized spacial score (nSPS) is 9.60. The van der Waals surface area contributed by atoms with Gasteiger partial charge in [0.25, 0.3) is 0 Å². The van der Waals surface area contributed by atoms with E-state index in [0.29, 0.717) is 0 Å². The van der Waals surface area contributed by atoms with Crippen LogP contribution in [0.3, 0.4) is 0 Å². The molecule has 5 heavy (non-hydrogen) atoms. The first kappa shape index (κ1) is 5.10. The van der Waals surface area contributed by atoms with Crippen molar-refractivity contribution >= 4 is 9.53 Å². The van der Waals surface area contributed by atoms with Crippen LogP contribution in [0.4, 0.5) is 0 Å². The molecule has 0 aromatic heterocycles. The van der Waals surface area contributed by atoms with Gasteiger partial charge in [-0.1, -0.05) is 0 Å². The maximum Gasteiger partial charge on any atom is 0.478 e. The molecule has 0 aliphatic rings. The van der Waals surface area contributed by atoms with Crippen LogP contribution in [0, 0.1) is 0 Å². The summed E-state index contributed by atoms with van der Waals surface area (Å²) in [6.07, 6.45) is 0. The molecule has 0 unspecified atom stereocenters. The van der Waals surface area contributed by atoms with Crippen LogP contribution in [0.5, 0.6) is 0 Å². The maximum absolute atomic E-state index is 7.83. The SMILES string of the molecule is CO[SiH](O)O. The van der Waals surface area contributed by atoms with Crippen molar-refractivity contribution < 1.29 is 14.0 Å². The highest BCUT2D eigenvalue weighted by molar-refractivity contribution is 6.32. The number of rotatable bonds is 1. The Morgan fingerprint density at radius 2 is 1.80 bits per heavy atom. The minimum Gasteiger partial charge on any atom is -0.392 e. The second kappa shape index (κ2) is 2.34. The molecule has 0 amide bonds. The molecule has 0 aliphatic carbocycles. The van der Waals surface area contributed by atoms with Crippen LogP contribution >= 0.6 is 0 Å². The predicted molar refractivity (Wildman–Crippen MR) is 18.6 cm³/mol. The summed E-state index contributed by atoms with van der Waals surface area (Å²) in [4.78, 5) is 15.7. The van der Waals surface area contributed by atoms with Gasteiger partial charge in [-0.05, 0) is 0 Å². The molecule has 0 atom stereocenters. The van der Waals surface area contributed by atoms with E-state index < -0.39 is 9.53 Å². The molecule has 0 radical (unpaired) electrons. The van der Waals surface area contributed by atoms with E-state index >= 15 is 0 Å². The number of hydrogen-bond acceptors (Lipinski definition) is 3. The van der Waals surface area contributed by atoms with E-state index in [0.717, 1.165) is 0 Å². The highest BCUT2D eigenvalue weighted by Crippen LogP contribution is 1.59. The number of hydrogen-bond donors (Lipinski definition) is 2. The van der Waals surface area contributed by atoms with E-state index in [1.165, 1.54) is 7.11 Å². The summed E-state index contributed by atoms with van der Waals surface area (Å²) in [6, 6.07) is 0. The second-order valence-electron chi connectivity index (χ2n) is 0.562.